The Balaban J connectivity index is 2.83. The Bertz CT molecular complexity index is 475. The van der Waals surface area contributed by atoms with E-state index < -0.39 is 0 Å². The van der Waals surface area contributed by atoms with Crippen LogP contribution in [0.4, 0.5) is 11.4 Å². The SMILES string of the molecule is CCC(=O)Nc1ccc(OC)c(NC(=O)CCCN)c1. The number of hydrogen-bond acceptors (Lipinski definition) is 4. The molecule has 0 atom stereocenters. The molecule has 1 rings (SSSR count). The van der Waals surface area contributed by atoms with Gasteiger partial charge in [-0.1, -0.05) is 6.92 Å². The van der Waals surface area contributed by atoms with Crippen LogP contribution in [0.25, 0.3) is 0 Å². The molecule has 6 nitrogen and oxygen atoms in total. The molecule has 0 saturated heterocycles. The number of rotatable bonds is 7. The van der Waals surface area contributed by atoms with Gasteiger partial charge in [-0.3, -0.25) is 9.59 Å². The van der Waals surface area contributed by atoms with E-state index in [4.69, 9.17) is 10.5 Å². The third kappa shape index (κ3) is 4.89. The van der Waals surface area contributed by atoms with E-state index in [2.05, 4.69) is 10.6 Å². The van der Waals surface area contributed by atoms with Crippen molar-refractivity contribution in [2.24, 2.45) is 5.73 Å². The molecule has 0 spiro atoms. The average molecular weight is 279 g/mol. The van der Waals surface area contributed by atoms with Crippen LogP contribution < -0.4 is 21.1 Å². The number of nitrogens with two attached hydrogens (primary N) is 1. The quantitative estimate of drug-likeness (QED) is 0.708. The van der Waals surface area contributed by atoms with Crippen LogP contribution >= 0.6 is 0 Å². The van der Waals surface area contributed by atoms with Gasteiger partial charge in [0.2, 0.25) is 11.8 Å². The van der Waals surface area contributed by atoms with Crippen molar-refractivity contribution in [3.63, 3.8) is 0 Å². The molecule has 0 unspecified atom stereocenters. The van der Waals surface area contributed by atoms with Gasteiger partial charge in [0.05, 0.1) is 12.8 Å². The van der Waals surface area contributed by atoms with Gasteiger partial charge >= 0.3 is 0 Å². The van der Waals surface area contributed by atoms with Gasteiger partial charge in [-0.2, -0.15) is 0 Å². The van der Waals surface area contributed by atoms with E-state index in [0.29, 0.717) is 42.9 Å². The lowest BCUT2D eigenvalue weighted by Gasteiger charge is -2.12. The molecule has 110 valence electrons. The Morgan fingerprint density at radius 2 is 2.00 bits per heavy atom. The van der Waals surface area contributed by atoms with Crippen molar-refractivity contribution in [3.05, 3.63) is 18.2 Å². The monoisotopic (exact) mass is 279 g/mol. The van der Waals surface area contributed by atoms with Crippen LogP contribution in [0.1, 0.15) is 26.2 Å². The van der Waals surface area contributed by atoms with Crippen LogP contribution in [0.2, 0.25) is 0 Å². The summed E-state index contributed by atoms with van der Waals surface area (Å²) in [5.41, 5.74) is 6.52. The van der Waals surface area contributed by atoms with E-state index in [1.807, 2.05) is 0 Å². The minimum Gasteiger partial charge on any atom is -0.495 e. The van der Waals surface area contributed by atoms with Crippen molar-refractivity contribution in [1.29, 1.82) is 0 Å². The van der Waals surface area contributed by atoms with Crippen molar-refractivity contribution < 1.29 is 14.3 Å². The predicted octanol–water partition coefficient (Wildman–Crippen LogP) is 1.72. The number of carbonyl (C=O) groups is 2. The molecule has 0 aliphatic carbocycles. The maximum absolute atomic E-state index is 11.7. The summed E-state index contributed by atoms with van der Waals surface area (Å²) in [6.07, 6.45) is 1.37. The normalized spacial score (nSPS) is 9.95. The highest BCUT2D eigenvalue weighted by atomic mass is 16.5. The molecule has 0 saturated carbocycles. The summed E-state index contributed by atoms with van der Waals surface area (Å²) in [5.74, 6) is 0.323. The summed E-state index contributed by atoms with van der Waals surface area (Å²) < 4.78 is 5.18. The first-order valence-electron chi connectivity index (χ1n) is 6.58. The molecule has 1 aromatic rings. The van der Waals surface area contributed by atoms with Crippen LogP contribution in [0.3, 0.4) is 0 Å². The van der Waals surface area contributed by atoms with E-state index in [9.17, 15) is 9.59 Å². The molecule has 0 aliphatic heterocycles. The lowest BCUT2D eigenvalue weighted by molar-refractivity contribution is -0.116. The summed E-state index contributed by atoms with van der Waals surface area (Å²) >= 11 is 0. The van der Waals surface area contributed by atoms with Crippen LogP contribution in [-0.2, 0) is 9.59 Å². The van der Waals surface area contributed by atoms with Gasteiger partial charge < -0.3 is 21.1 Å². The van der Waals surface area contributed by atoms with Gasteiger partial charge in [0.25, 0.3) is 0 Å². The molecule has 2 amide bonds. The summed E-state index contributed by atoms with van der Waals surface area (Å²) in [6.45, 7) is 2.24. The zero-order valence-electron chi connectivity index (χ0n) is 11.9. The third-order valence-electron chi connectivity index (χ3n) is 2.69. The number of benzene rings is 1. The van der Waals surface area contributed by atoms with E-state index in [-0.39, 0.29) is 11.8 Å². The van der Waals surface area contributed by atoms with Gasteiger partial charge in [0, 0.05) is 18.5 Å². The standard InChI is InChI=1S/C14H21N3O3/c1-3-13(18)16-10-6-7-12(20-2)11(9-10)17-14(19)5-4-8-15/h6-7,9H,3-5,8,15H2,1-2H3,(H,16,18)(H,17,19). The first kappa shape index (κ1) is 16.0. The lowest BCUT2D eigenvalue weighted by Crippen LogP contribution is -2.15. The van der Waals surface area contributed by atoms with Gasteiger partial charge in [0.15, 0.2) is 0 Å². The van der Waals surface area contributed by atoms with Crippen LogP contribution in [0, 0.1) is 0 Å². The smallest absolute Gasteiger partial charge is 0.224 e. The molecule has 6 heteroatoms. The highest BCUT2D eigenvalue weighted by molar-refractivity contribution is 5.95. The topological polar surface area (TPSA) is 93.5 Å². The van der Waals surface area contributed by atoms with Gasteiger partial charge in [-0.25, -0.2) is 0 Å². The number of amides is 2. The number of ether oxygens (including phenoxy) is 1. The number of carbonyl (C=O) groups excluding carboxylic acids is 2. The molecule has 0 heterocycles. The highest BCUT2D eigenvalue weighted by Crippen LogP contribution is 2.28. The zero-order chi connectivity index (χ0) is 15.0. The summed E-state index contributed by atoms with van der Waals surface area (Å²) in [6, 6.07) is 5.10. The second-order valence-corrected chi connectivity index (χ2v) is 4.26. The van der Waals surface area contributed by atoms with Crippen molar-refractivity contribution in [3.8, 4) is 5.75 Å². The maximum atomic E-state index is 11.7. The minimum atomic E-state index is -0.132. The van der Waals surface area contributed by atoms with E-state index in [1.165, 1.54) is 7.11 Å². The molecule has 0 fully saturated rings. The molecule has 20 heavy (non-hydrogen) atoms. The van der Waals surface area contributed by atoms with Crippen LogP contribution in [0.15, 0.2) is 18.2 Å². The van der Waals surface area contributed by atoms with Crippen molar-refractivity contribution in [1.82, 2.24) is 0 Å². The maximum Gasteiger partial charge on any atom is 0.224 e. The first-order chi connectivity index (χ1) is 9.60. The fourth-order valence-electron chi connectivity index (χ4n) is 1.61. The van der Waals surface area contributed by atoms with Crippen molar-refractivity contribution in [2.45, 2.75) is 26.2 Å². The molecular formula is C14H21N3O3. The largest absolute Gasteiger partial charge is 0.495 e. The predicted molar refractivity (Wildman–Crippen MR) is 78.8 cm³/mol. The Morgan fingerprint density at radius 1 is 1.25 bits per heavy atom. The zero-order valence-corrected chi connectivity index (χ0v) is 11.9. The van der Waals surface area contributed by atoms with Crippen LogP contribution in [0.5, 0.6) is 5.75 Å². The Kier molecular flexibility index (Phi) is 6.52. The van der Waals surface area contributed by atoms with Crippen molar-refractivity contribution in [2.75, 3.05) is 24.3 Å². The molecule has 1 aromatic carbocycles. The fraction of sp³-hybridized carbons (Fsp3) is 0.429. The molecule has 0 aliphatic rings. The number of hydrogen-bond donors (Lipinski definition) is 3. The second-order valence-electron chi connectivity index (χ2n) is 4.26. The highest BCUT2D eigenvalue weighted by Gasteiger charge is 2.09. The number of nitrogens with one attached hydrogen (secondary N) is 2. The average Bonchev–Trinajstić information content (AvgIpc) is 2.45. The molecule has 0 bridgehead atoms. The fourth-order valence-corrected chi connectivity index (χ4v) is 1.61. The number of anilines is 2. The van der Waals surface area contributed by atoms with Crippen LogP contribution in [-0.4, -0.2) is 25.5 Å². The minimum absolute atomic E-state index is 0.0874. The Hall–Kier alpha value is -2.08. The van der Waals surface area contributed by atoms with Gasteiger partial charge in [0.1, 0.15) is 5.75 Å². The number of methoxy groups -OCH3 is 1. The lowest BCUT2D eigenvalue weighted by atomic mass is 10.2. The molecule has 4 N–H and O–H groups in total. The summed E-state index contributed by atoms with van der Waals surface area (Å²) in [7, 11) is 1.52. The van der Waals surface area contributed by atoms with Gasteiger partial charge in [-0.15, -0.1) is 0 Å². The Morgan fingerprint density at radius 3 is 2.60 bits per heavy atom. The third-order valence-corrected chi connectivity index (χ3v) is 2.69. The Labute approximate surface area is 118 Å². The van der Waals surface area contributed by atoms with E-state index in [0.717, 1.165) is 0 Å². The van der Waals surface area contributed by atoms with Gasteiger partial charge in [-0.05, 0) is 31.2 Å². The molecule has 0 radical (unpaired) electrons. The summed E-state index contributed by atoms with van der Waals surface area (Å²) in [4.78, 5) is 23.1. The molecular weight excluding hydrogens is 258 g/mol. The first-order valence-corrected chi connectivity index (χ1v) is 6.58. The summed E-state index contributed by atoms with van der Waals surface area (Å²) in [5, 5.41) is 5.49. The molecule has 0 aromatic heterocycles. The van der Waals surface area contributed by atoms with Crippen molar-refractivity contribution >= 4 is 23.2 Å². The van der Waals surface area contributed by atoms with E-state index >= 15 is 0 Å². The van der Waals surface area contributed by atoms with E-state index in [1.54, 1.807) is 25.1 Å². The second kappa shape index (κ2) is 8.16.